The summed E-state index contributed by atoms with van der Waals surface area (Å²) in [4.78, 5) is 30.5. The third-order valence-corrected chi connectivity index (χ3v) is 4.25. The van der Waals surface area contributed by atoms with Gasteiger partial charge in [0.15, 0.2) is 0 Å². The van der Waals surface area contributed by atoms with Crippen molar-refractivity contribution in [3.05, 3.63) is 0 Å². The highest BCUT2D eigenvalue weighted by molar-refractivity contribution is 5.87. The first-order valence-corrected chi connectivity index (χ1v) is 7.74. The van der Waals surface area contributed by atoms with Crippen LogP contribution in [0.25, 0.3) is 0 Å². The molecule has 0 aromatic heterocycles. The highest BCUT2D eigenvalue weighted by Gasteiger charge is 2.37. The fraction of sp³-hybridized carbons (Fsp3) is 0.857. The minimum absolute atomic E-state index is 0.0148. The zero-order valence-electron chi connectivity index (χ0n) is 12.6. The monoisotopic (exact) mass is 282 g/mol. The summed E-state index contributed by atoms with van der Waals surface area (Å²) in [5.74, 6) is 0.129. The van der Waals surface area contributed by atoms with Crippen LogP contribution in [0.1, 0.15) is 26.7 Å². The van der Waals surface area contributed by atoms with Gasteiger partial charge in [-0.05, 0) is 26.7 Å². The molecule has 2 rings (SSSR count). The quantitative estimate of drug-likeness (QED) is 0.812. The maximum Gasteiger partial charge on any atom is 0.320 e. The van der Waals surface area contributed by atoms with Crippen molar-refractivity contribution in [3.63, 3.8) is 0 Å². The molecule has 0 bridgehead atoms. The molecule has 20 heavy (non-hydrogen) atoms. The molecule has 1 unspecified atom stereocenters. The lowest BCUT2D eigenvalue weighted by Gasteiger charge is -2.34. The second kappa shape index (κ2) is 6.92. The zero-order chi connectivity index (χ0) is 14.5. The summed E-state index contributed by atoms with van der Waals surface area (Å²) in [6.07, 6.45) is 1.73. The molecule has 0 aliphatic carbocycles. The van der Waals surface area contributed by atoms with Gasteiger partial charge >= 0.3 is 6.03 Å². The summed E-state index contributed by atoms with van der Waals surface area (Å²) in [6.45, 7) is 9.25. The number of nitrogens with one attached hydrogen (secondary N) is 1. The molecular formula is C14H26N4O2. The van der Waals surface area contributed by atoms with Crippen molar-refractivity contribution >= 4 is 11.9 Å². The largest absolute Gasteiger partial charge is 0.338 e. The van der Waals surface area contributed by atoms with Gasteiger partial charge < -0.3 is 20.0 Å². The first-order valence-electron chi connectivity index (χ1n) is 7.74. The fourth-order valence-electron chi connectivity index (χ4n) is 3.02. The molecule has 2 aliphatic rings. The maximum absolute atomic E-state index is 12.6. The lowest BCUT2D eigenvalue weighted by atomic mass is 10.2. The van der Waals surface area contributed by atoms with Gasteiger partial charge in [0.2, 0.25) is 5.91 Å². The Hall–Kier alpha value is -1.30. The highest BCUT2D eigenvalue weighted by atomic mass is 16.2. The Morgan fingerprint density at radius 3 is 2.40 bits per heavy atom. The maximum atomic E-state index is 12.6. The molecule has 2 heterocycles. The smallest absolute Gasteiger partial charge is 0.320 e. The number of hydrogen-bond acceptors (Lipinski definition) is 3. The Morgan fingerprint density at radius 1 is 1.15 bits per heavy atom. The number of carbonyl (C=O) groups excluding carboxylic acids is 2. The van der Waals surface area contributed by atoms with Crippen molar-refractivity contribution in [1.82, 2.24) is 20.0 Å². The van der Waals surface area contributed by atoms with Crippen LogP contribution in [0.5, 0.6) is 0 Å². The van der Waals surface area contributed by atoms with Crippen LogP contribution in [0, 0.1) is 0 Å². The number of urea groups is 1. The number of hydrogen-bond donors (Lipinski definition) is 1. The molecule has 0 spiro atoms. The number of rotatable bonds is 3. The van der Waals surface area contributed by atoms with E-state index in [1.807, 2.05) is 18.7 Å². The van der Waals surface area contributed by atoms with Crippen LogP contribution in [0.4, 0.5) is 4.79 Å². The third-order valence-electron chi connectivity index (χ3n) is 4.25. The predicted molar refractivity (Wildman–Crippen MR) is 77.5 cm³/mol. The molecule has 3 amide bonds. The Kier molecular flexibility index (Phi) is 5.23. The number of likely N-dealkylation sites (tertiary alicyclic amines) is 1. The average Bonchev–Trinajstić information content (AvgIpc) is 2.98. The molecule has 1 atom stereocenters. The van der Waals surface area contributed by atoms with Gasteiger partial charge in [0.05, 0.1) is 0 Å². The average molecular weight is 282 g/mol. The van der Waals surface area contributed by atoms with Crippen molar-refractivity contribution < 1.29 is 9.59 Å². The van der Waals surface area contributed by atoms with E-state index >= 15 is 0 Å². The van der Waals surface area contributed by atoms with Crippen LogP contribution in [0.3, 0.4) is 0 Å². The van der Waals surface area contributed by atoms with E-state index in [0.717, 1.165) is 39.0 Å². The molecule has 0 aromatic rings. The zero-order valence-corrected chi connectivity index (χ0v) is 12.6. The van der Waals surface area contributed by atoms with Crippen molar-refractivity contribution in [2.24, 2.45) is 0 Å². The molecule has 2 aliphatic heterocycles. The standard InChI is InChI=1S/C14H26N4O2/c1-3-16(4-2)14(20)18-9-5-6-12(18)13(19)17-10-7-15-8-11-17/h12,15H,3-11H2,1-2H3. The van der Waals surface area contributed by atoms with Gasteiger partial charge in [-0.3, -0.25) is 4.79 Å². The third kappa shape index (κ3) is 3.06. The van der Waals surface area contributed by atoms with Gasteiger partial charge in [-0.25, -0.2) is 4.79 Å². The topological polar surface area (TPSA) is 55.9 Å². The van der Waals surface area contributed by atoms with E-state index in [0.29, 0.717) is 19.6 Å². The summed E-state index contributed by atoms with van der Waals surface area (Å²) in [7, 11) is 0. The molecule has 2 saturated heterocycles. The van der Waals surface area contributed by atoms with Crippen LogP contribution >= 0.6 is 0 Å². The second-order valence-corrected chi connectivity index (χ2v) is 5.38. The molecule has 1 N–H and O–H groups in total. The van der Waals surface area contributed by atoms with E-state index in [9.17, 15) is 9.59 Å². The molecule has 6 heteroatoms. The second-order valence-electron chi connectivity index (χ2n) is 5.38. The number of nitrogens with zero attached hydrogens (tertiary/aromatic N) is 3. The number of carbonyl (C=O) groups is 2. The van der Waals surface area contributed by atoms with Gasteiger partial charge in [0.1, 0.15) is 6.04 Å². The van der Waals surface area contributed by atoms with Crippen LogP contribution in [-0.4, -0.2) is 78.5 Å². The minimum atomic E-state index is -0.249. The van der Waals surface area contributed by atoms with E-state index in [-0.39, 0.29) is 18.0 Å². The molecule has 2 fully saturated rings. The molecular weight excluding hydrogens is 256 g/mol. The van der Waals surface area contributed by atoms with Crippen molar-refractivity contribution in [2.45, 2.75) is 32.7 Å². The van der Waals surface area contributed by atoms with Gasteiger partial charge in [0, 0.05) is 45.8 Å². The summed E-state index contributed by atoms with van der Waals surface area (Å²) < 4.78 is 0. The molecule has 0 saturated carbocycles. The summed E-state index contributed by atoms with van der Waals surface area (Å²) in [6, 6.07) is -0.234. The molecule has 6 nitrogen and oxygen atoms in total. The van der Waals surface area contributed by atoms with E-state index in [1.165, 1.54) is 0 Å². The van der Waals surface area contributed by atoms with E-state index in [4.69, 9.17) is 0 Å². The molecule has 0 aromatic carbocycles. The molecule has 114 valence electrons. The number of amides is 3. The van der Waals surface area contributed by atoms with Crippen molar-refractivity contribution in [2.75, 3.05) is 45.8 Å². The Bertz CT molecular complexity index is 351. The van der Waals surface area contributed by atoms with Crippen LogP contribution in [0.2, 0.25) is 0 Å². The Labute approximate surface area is 121 Å². The Morgan fingerprint density at radius 2 is 1.80 bits per heavy atom. The highest BCUT2D eigenvalue weighted by Crippen LogP contribution is 2.21. The van der Waals surface area contributed by atoms with Crippen LogP contribution < -0.4 is 5.32 Å². The van der Waals surface area contributed by atoms with Gasteiger partial charge in [0.25, 0.3) is 0 Å². The van der Waals surface area contributed by atoms with Crippen molar-refractivity contribution in [1.29, 1.82) is 0 Å². The van der Waals surface area contributed by atoms with Gasteiger partial charge in [-0.15, -0.1) is 0 Å². The fourth-order valence-corrected chi connectivity index (χ4v) is 3.02. The van der Waals surface area contributed by atoms with Crippen LogP contribution in [-0.2, 0) is 4.79 Å². The first-order chi connectivity index (χ1) is 9.69. The lowest BCUT2D eigenvalue weighted by molar-refractivity contribution is -0.135. The van der Waals surface area contributed by atoms with Crippen molar-refractivity contribution in [3.8, 4) is 0 Å². The first kappa shape index (κ1) is 15.1. The summed E-state index contributed by atoms with van der Waals surface area (Å²) >= 11 is 0. The minimum Gasteiger partial charge on any atom is -0.338 e. The number of piperazine rings is 1. The predicted octanol–water partition coefficient (Wildman–Crippen LogP) is 0.344. The summed E-state index contributed by atoms with van der Waals surface area (Å²) in [5.41, 5.74) is 0. The van der Waals surface area contributed by atoms with E-state index in [1.54, 1.807) is 9.80 Å². The normalized spacial score (nSPS) is 23.0. The van der Waals surface area contributed by atoms with Crippen LogP contribution in [0.15, 0.2) is 0 Å². The molecule has 0 radical (unpaired) electrons. The SMILES string of the molecule is CCN(CC)C(=O)N1CCCC1C(=O)N1CCNCC1. The van der Waals surface area contributed by atoms with E-state index < -0.39 is 0 Å². The van der Waals surface area contributed by atoms with E-state index in [2.05, 4.69) is 5.32 Å². The van der Waals surface area contributed by atoms with Gasteiger partial charge in [-0.1, -0.05) is 0 Å². The van der Waals surface area contributed by atoms with Gasteiger partial charge in [-0.2, -0.15) is 0 Å². The summed E-state index contributed by atoms with van der Waals surface area (Å²) in [5, 5.41) is 3.25. The lowest BCUT2D eigenvalue weighted by Crippen LogP contribution is -2.55. The Balaban J connectivity index is 2.02.